The SMILES string of the molecule is CCC(NC(=O)CSc1nc2ccccc2[nH]1)c1ccc(Cl)cc1. The van der Waals surface area contributed by atoms with Crippen molar-refractivity contribution in [3.05, 3.63) is 59.1 Å². The minimum absolute atomic E-state index is 0.00830. The zero-order valence-electron chi connectivity index (χ0n) is 13.3. The fraction of sp³-hybridized carbons (Fsp3) is 0.222. The second kappa shape index (κ2) is 7.73. The van der Waals surface area contributed by atoms with Crippen LogP contribution in [0.4, 0.5) is 0 Å². The van der Waals surface area contributed by atoms with Crippen LogP contribution in [0.25, 0.3) is 11.0 Å². The van der Waals surface area contributed by atoms with Gasteiger partial charge in [0.05, 0.1) is 22.8 Å². The number of benzene rings is 2. The van der Waals surface area contributed by atoms with E-state index in [4.69, 9.17) is 11.6 Å². The van der Waals surface area contributed by atoms with Crippen LogP contribution in [0.1, 0.15) is 24.9 Å². The Balaban J connectivity index is 1.58. The number of thioether (sulfide) groups is 1. The molecular formula is C18H18ClN3OS. The molecule has 1 atom stereocenters. The smallest absolute Gasteiger partial charge is 0.230 e. The van der Waals surface area contributed by atoms with Crippen molar-refractivity contribution in [2.24, 2.45) is 0 Å². The Bertz CT molecular complexity index is 799. The van der Waals surface area contributed by atoms with E-state index in [1.54, 1.807) is 0 Å². The average molecular weight is 360 g/mol. The number of H-pyrrole nitrogens is 1. The fourth-order valence-electron chi connectivity index (χ4n) is 2.48. The Morgan fingerprint density at radius 1 is 1.25 bits per heavy atom. The summed E-state index contributed by atoms with van der Waals surface area (Å²) < 4.78 is 0. The van der Waals surface area contributed by atoms with Gasteiger partial charge in [-0.25, -0.2) is 4.98 Å². The number of carbonyl (C=O) groups excluding carboxylic acids is 1. The molecule has 0 radical (unpaired) electrons. The summed E-state index contributed by atoms with van der Waals surface area (Å²) in [6.45, 7) is 2.05. The van der Waals surface area contributed by atoms with Gasteiger partial charge in [0.2, 0.25) is 5.91 Å². The number of amides is 1. The number of imidazole rings is 1. The molecule has 1 heterocycles. The zero-order chi connectivity index (χ0) is 16.9. The molecule has 3 rings (SSSR count). The van der Waals surface area contributed by atoms with Gasteiger partial charge in [-0.15, -0.1) is 0 Å². The normalized spacial score (nSPS) is 12.2. The summed E-state index contributed by atoms with van der Waals surface area (Å²) >= 11 is 7.32. The maximum absolute atomic E-state index is 12.2. The molecule has 2 N–H and O–H groups in total. The molecule has 124 valence electrons. The molecule has 24 heavy (non-hydrogen) atoms. The van der Waals surface area contributed by atoms with Gasteiger partial charge in [-0.1, -0.05) is 54.6 Å². The molecule has 1 unspecified atom stereocenters. The first-order chi connectivity index (χ1) is 11.7. The molecule has 0 saturated carbocycles. The number of hydrogen-bond donors (Lipinski definition) is 2. The number of para-hydroxylation sites is 2. The molecular weight excluding hydrogens is 342 g/mol. The van der Waals surface area contributed by atoms with Crippen LogP contribution in [0.3, 0.4) is 0 Å². The summed E-state index contributed by atoms with van der Waals surface area (Å²) in [5.74, 6) is 0.312. The second-order valence-corrected chi connectivity index (χ2v) is 6.83. The standard InChI is InChI=1S/C18H18ClN3OS/c1-2-14(12-7-9-13(19)10-8-12)20-17(23)11-24-18-21-15-5-3-4-6-16(15)22-18/h3-10,14H,2,11H2,1H3,(H,20,23)(H,21,22). The molecule has 2 aromatic carbocycles. The largest absolute Gasteiger partial charge is 0.349 e. The Morgan fingerprint density at radius 2 is 2.00 bits per heavy atom. The third-order valence-electron chi connectivity index (χ3n) is 3.72. The van der Waals surface area contributed by atoms with Crippen LogP contribution in [0.15, 0.2) is 53.7 Å². The summed E-state index contributed by atoms with van der Waals surface area (Å²) in [6.07, 6.45) is 0.822. The molecule has 4 nitrogen and oxygen atoms in total. The average Bonchev–Trinajstić information content (AvgIpc) is 3.02. The van der Waals surface area contributed by atoms with Crippen LogP contribution < -0.4 is 5.32 Å². The summed E-state index contributed by atoms with van der Waals surface area (Å²) in [6, 6.07) is 15.4. The number of aromatic nitrogens is 2. The number of halogens is 1. The molecule has 6 heteroatoms. The van der Waals surface area contributed by atoms with Gasteiger partial charge in [-0.2, -0.15) is 0 Å². The van der Waals surface area contributed by atoms with Crippen molar-refractivity contribution in [3.8, 4) is 0 Å². The predicted octanol–water partition coefficient (Wildman–Crippen LogP) is 4.58. The molecule has 1 aromatic heterocycles. The van der Waals surface area contributed by atoms with Crippen LogP contribution in [-0.4, -0.2) is 21.6 Å². The van der Waals surface area contributed by atoms with E-state index in [0.29, 0.717) is 10.8 Å². The van der Waals surface area contributed by atoms with E-state index < -0.39 is 0 Å². The lowest BCUT2D eigenvalue weighted by Gasteiger charge is -2.17. The Morgan fingerprint density at radius 3 is 2.71 bits per heavy atom. The molecule has 0 aliphatic heterocycles. The van der Waals surface area contributed by atoms with Crippen molar-refractivity contribution in [1.82, 2.24) is 15.3 Å². The summed E-state index contributed by atoms with van der Waals surface area (Å²) in [5.41, 5.74) is 2.95. The van der Waals surface area contributed by atoms with Crippen LogP contribution in [0, 0.1) is 0 Å². The van der Waals surface area contributed by atoms with Crippen LogP contribution in [0.2, 0.25) is 5.02 Å². The third-order valence-corrected chi connectivity index (χ3v) is 4.85. The lowest BCUT2D eigenvalue weighted by Crippen LogP contribution is -2.29. The van der Waals surface area contributed by atoms with Gasteiger partial charge >= 0.3 is 0 Å². The van der Waals surface area contributed by atoms with E-state index in [-0.39, 0.29) is 11.9 Å². The zero-order valence-corrected chi connectivity index (χ0v) is 14.8. The number of aromatic amines is 1. The van der Waals surface area contributed by atoms with E-state index in [2.05, 4.69) is 15.3 Å². The van der Waals surface area contributed by atoms with Gasteiger partial charge in [0, 0.05) is 5.02 Å². The molecule has 0 spiro atoms. The van der Waals surface area contributed by atoms with Gasteiger partial charge < -0.3 is 10.3 Å². The van der Waals surface area contributed by atoms with Crippen molar-refractivity contribution in [2.45, 2.75) is 24.5 Å². The van der Waals surface area contributed by atoms with Crippen LogP contribution >= 0.6 is 23.4 Å². The third kappa shape index (κ3) is 4.10. The van der Waals surface area contributed by atoms with Crippen molar-refractivity contribution >= 4 is 40.3 Å². The highest BCUT2D eigenvalue weighted by atomic mass is 35.5. The first-order valence-electron chi connectivity index (χ1n) is 7.78. The molecule has 0 aliphatic rings. The first-order valence-corrected chi connectivity index (χ1v) is 9.14. The van der Waals surface area contributed by atoms with Crippen LogP contribution in [-0.2, 0) is 4.79 Å². The highest BCUT2D eigenvalue weighted by molar-refractivity contribution is 7.99. The molecule has 1 amide bonds. The van der Waals surface area contributed by atoms with E-state index in [9.17, 15) is 4.79 Å². The van der Waals surface area contributed by atoms with Gasteiger partial charge in [0.15, 0.2) is 5.16 Å². The minimum atomic E-state index is -0.0118. The van der Waals surface area contributed by atoms with Gasteiger partial charge in [-0.3, -0.25) is 4.79 Å². The number of nitrogens with zero attached hydrogens (tertiary/aromatic N) is 1. The van der Waals surface area contributed by atoms with E-state index >= 15 is 0 Å². The maximum Gasteiger partial charge on any atom is 0.230 e. The predicted molar refractivity (Wildman–Crippen MR) is 99.4 cm³/mol. The van der Waals surface area contributed by atoms with Gasteiger partial charge in [0.1, 0.15) is 0 Å². The van der Waals surface area contributed by atoms with Crippen molar-refractivity contribution in [3.63, 3.8) is 0 Å². The number of carbonyl (C=O) groups is 1. The number of nitrogens with one attached hydrogen (secondary N) is 2. The molecule has 3 aromatic rings. The highest BCUT2D eigenvalue weighted by Crippen LogP contribution is 2.21. The van der Waals surface area contributed by atoms with Crippen LogP contribution in [0.5, 0.6) is 0 Å². The summed E-state index contributed by atoms with van der Waals surface area (Å²) in [5, 5.41) is 4.51. The van der Waals surface area contributed by atoms with Crippen molar-refractivity contribution in [1.29, 1.82) is 0 Å². The lowest BCUT2D eigenvalue weighted by atomic mass is 10.0. The van der Waals surface area contributed by atoms with Crippen molar-refractivity contribution < 1.29 is 4.79 Å². The van der Waals surface area contributed by atoms with Crippen molar-refractivity contribution in [2.75, 3.05) is 5.75 Å². The Kier molecular flexibility index (Phi) is 5.43. The molecule has 0 fully saturated rings. The lowest BCUT2D eigenvalue weighted by molar-refractivity contribution is -0.119. The van der Waals surface area contributed by atoms with Gasteiger partial charge in [0.25, 0.3) is 0 Å². The number of fused-ring (bicyclic) bond motifs is 1. The topological polar surface area (TPSA) is 57.8 Å². The van der Waals surface area contributed by atoms with E-state index in [1.165, 1.54) is 11.8 Å². The first kappa shape index (κ1) is 16.9. The summed E-state index contributed by atoms with van der Waals surface area (Å²) in [4.78, 5) is 19.9. The molecule has 0 saturated heterocycles. The van der Waals surface area contributed by atoms with E-state index in [1.807, 2.05) is 55.5 Å². The molecule has 0 bridgehead atoms. The highest BCUT2D eigenvalue weighted by Gasteiger charge is 2.13. The second-order valence-electron chi connectivity index (χ2n) is 5.43. The fourth-order valence-corrected chi connectivity index (χ4v) is 3.31. The minimum Gasteiger partial charge on any atom is -0.349 e. The monoisotopic (exact) mass is 359 g/mol. The number of hydrogen-bond acceptors (Lipinski definition) is 3. The molecule has 0 aliphatic carbocycles. The maximum atomic E-state index is 12.2. The number of rotatable bonds is 6. The van der Waals surface area contributed by atoms with E-state index in [0.717, 1.165) is 28.2 Å². The Labute approximate surface area is 150 Å². The quantitative estimate of drug-likeness (QED) is 0.633. The summed E-state index contributed by atoms with van der Waals surface area (Å²) in [7, 11) is 0. The Hall–Kier alpha value is -1.98. The van der Waals surface area contributed by atoms with Gasteiger partial charge in [-0.05, 0) is 36.2 Å².